The van der Waals surface area contributed by atoms with Gasteiger partial charge in [-0.25, -0.2) is 15.0 Å². The van der Waals surface area contributed by atoms with Crippen molar-refractivity contribution in [2.24, 2.45) is 0 Å². The first-order valence-electron chi connectivity index (χ1n) is 8.78. The smallest absolute Gasteiger partial charge is 0.180 e. The summed E-state index contributed by atoms with van der Waals surface area (Å²) in [5.74, 6) is 1.79. The van der Waals surface area contributed by atoms with E-state index in [1.807, 2.05) is 18.3 Å². The van der Waals surface area contributed by atoms with Gasteiger partial charge >= 0.3 is 0 Å². The molecule has 5 heterocycles. The highest BCUT2D eigenvalue weighted by molar-refractivity contribution is 7.15. The Kier molecular flexibility index (Phi) is 3.79. The molecule has 2 aliphatic rings. The number of pyridine rings is 1. The van der Waals surface area contributed by atoms with Crippen molar-refractivity contribution in [2.75, 3.05) is 23.7 Å². The largest absolute Gasteiger partial charge is 0.375 e. The summed E-state index contributed by atoms with van der Waals surface area (Å²) in [6.07, 6.45) is 5.44. The average Bonchev–Trinajstić information content (AvgIpc) is 3.07. The molecule has 0 unspecified atom stereocenters. The summed E-state index contributed by atoms with van der Waals surface area (Å²) in [6.45, 7) is 3.46. The van der Waals surface area contributed by atoms with E-state index in [4.69, 9.17) is 15.7 Å². The number of hydrogen-bond acceptors (Lipinski definition) is 8. The van der Waals surface area contributed by atoms with Gasteiger partial charge in [-0.05, 0) is 25.1 Å². The molecular formula is C18H19N7S. The van der Waals surface area contributed by atoms with Gasteiger partial charge in [0.05, 0.1) is 17.9 Å². The molecule has 0 aromatic carbocycles. The fourth-order valence-corrected chi connectivity index (χ4v) is 4.52. The van der Waals surface area contributed by atoms with Gasteiger partial charge in [-0.3, -0.25) is 4.98 Å². The van der Waals surface area contributed by atoms with E-state index in [0.717, 1.165) is 67.6 Å². The first-order chi connectivity index (χ1) is 12.8. The number of anilines is 2. The highest BCUT2D eigenvalue weighted by Crippen LogP contribution is 2.33. The number of rotatable bonds is 2. The van der Waals surface area contributed by atoms with Crippen LogP contribution in [-0.4, -0.2) is 33.0 Å². The molecule has 2 aliphatic heterocycles. The fraction of sp³-hybridized carbons (Fsp3) is 0.333. The average molecular weight is 365 g/mol. The summed E-state index contributed by atoms with van der Waals surface area (Å²) >= 11 is 1.59. The fourth-order valence-electron chi connectivity index (χ4n) is 3.62. The molecular weight excluding hydrogens is 346 g/mol. The minimum absolute atomic E-state index is 0.654. The normalized spacial score (nSPS) is 16.2. The van der Waals surface area contributed by atoms with Crippen molar-refractivity contribution in [3.63, 3.8) is 0 Å². The SMILES string of the molecule is Nc1nc2c(s1)CN(c1nc(-c3cccnc3)nc3c1CCNC3)CC2. The summed E-state index contributed by atoms with van der Waals surface area (Å²) < 4.78 is 0. The van der Waals surface area contributed by atoms with Gasteiger partial charge in [0.1, 0.15) is 5.82 Å². The van der Waals surface area contributed by atoms with Gasteiger partial charge in [-0.15, -0.1) is 11.3 Å². The number of thiazole rings is 1. The number of fused-ring (bicyclic) bond motifs is 2. The van der Waals surface area contributed by atoms with Gasteiger partial charge in [0, 0.05) is 47.9 Å². The van der Waals surface area contributed by atoms with Gasteiger partial charge in [0.25, 0.3) is 0 Å². The lowest BCUT2D eigenvalue weighted by atomic mass is 10.0. The van der Waals surface area contributed by atoms with Gasteiger partial charge in [0.15, 0.2) is 11.0 Å². The number of nitrogens with two attached hydrogens (primary N) is 1. The van der Waals surface area contributed by atoms with Gasteiger partial charge in [0.2, 0.25) is 0 Å². The summed E-state index contributed by atoms with van der Waals surface area (Å²) in [5.41, 5.74) is 10.3. The van der Waals surface area contributed by atoms with Crippen molar-refractivity contribution in [2.45, 2.75) is 25.9 Å². The molecule has 0 atom stereocenters. The number of nitrogens with one attached hydrogen (secondary N) is 1. The number of nitrogens with zero attached hydrogens (tertiary/aromatic N) is 5. The monoisotopic (exact) mass is 365 g/mol. The standard InChI is InChI=1S/C18H19N7S/c19-18-23-13-4-7-25(10-15(13)26-18)17-12-3-6-21-9-14(12)22-16(24-17)11-2-1-5-20-8-11/h1-2,5,8,21H,3-4,6-7,9-10H2,(H2,19,23). The minimum atomic E-state index is 0.654. The molecule has 26 heavy (non-hydrogen) atoms. The van der Waals surface area contributed by atoms with E-state index in [1.54, 1.807) is 17.5 Å². The molecule has 0 saturated carbocycles. The molecule has 0 aliphatic carbocycles. The highest BCUT2D eigenvalue weighted by Gasteiger charge is 2.26. The zero-order valence-corrected chi connectivity index (χ0v) is 15.1. The topological polar surface area (TPSA) is 92.9 Å². The van der Waals surface area contributed by atoms with Crippen LogP contribution >= 0.6 is 11.3 Å². The van der Waals surface area contributed by atoms with Crippen molar-refractivity contribution in [3.8, 4) is 11.4 Å². The van der Waals surface area contributed by atoms with Crippen LogP contribution in [0.25, 0.3) is 11.4 Å². The lowest BCUT2D eigenvalue weighted by Crippen LogP contribution is -2.34. The van der Waals surface area contributed by atoms with Crippen molar-refractivity contribution in [1.29, 1.82) is 0 Å². The van der Waals surface area contributed by atoms with E-state index >= 15 is 0 Å². The lowest BCUT2D eigenvalue weighted by molar-refractivity contribution is 0.615. The Hall–Kier alpha value is -2.58. The third kappa shape index (κ3) is 2.71. The quantitative estimate of drug-likeness (QED) is 0.715. The zero-order valence-electron chi connectivity index (χ0n) is 14.3. The van der Waals surface area contributed by atoms with Crippen LogP contribution in [0.5, 0.6) is 0 Å². The van der Waals surface area contributed by atoms with E-state index in [2.05, 4.69) is 20.2 Å². The number of aromatic nitrogens is 4. The Balaban J connectivity index is 1.59. The minimum Gasteiger partial charge on any atom is -0.375 e. The van der Waals surface area contributed by atoms with Crippen molar-refractivity contribution >= 4 is 22.3 Å². The molecule has 5 rings (SSSR count). The molecule has 3 aromatic heterocycles. The van der Waals surface area contributed by atoms with Crippen LogP contribution in [0.4, 0.5) is 10.9 Å². The Labute approximate surface area is 155 Å². The first-order valence-corrected chi connectivity index (χ1v) is 9.59. The van der Waals surface area contributed by atoms with Crippen LogP contribution in [0.3, 0.4) is 0 Å². The van der Waals surface area contributed by atoms with Crippen molar-refractivity contribution in [1.82, 2.24) is 25.3 Å². The van der Waals surface area contributed by atoms with Crippen LogP contribution in [0.15, 0.2) is 24.5 Å². The Morgan fingerprint density at radius 1 is 1.15 bits per heavy atom. The van der Waals surface area contributed by atoms with Crippen molar-refractivity contribution in [3.05, 3.63) is 46.4 Å². The second-order valence-electron chi connectivity index (χ2n) is 6.56. The van der Waals surface area contributed by atoms with Crippen LogP contribution < -0.4 is 16.0 Å². The Bertz CT molecular complexity index is 954. The maximum atomic E-state index is 5.90. The summed E-state index contributed by atoms with van der Waals surface area (Å²) in [5, 5.41) is 4.07. The van der Waals surface area contributed by atoms with E-state index in [1.165, 1.54) is 10.4 Å². The van der Waals surface area contributed by atoms with Crippen molar-refractivity contribution < 1.29 is 0 Å². The van der Waals surface area contributed by atoms with Crippen LogP contribution in [0.2, 0.25) is 0 Å². The third-order valence-corrected chi connectivity index (χ3v) is 5.79. The summed E-state index contributed by atoms with van der Waals surface area (Å²) in [7, 11) is 0. The summed E-state index contributed by atoms with van der Waals surface area (Å²) in [4.78, 5) is 22.0. The molecule has 0 spiro atoms. The second-order valence-corrected chi connectivity index (χ2v) is 7.67. The van der Waals surface area contributed by atoms with E-state index < -0.39 is 0 Å². The molecule has 0 bridgehead atoms. The third-order valence-electron chi connectivity index (χ3n) is 4.88. The predicted molar refractivity (Wildman–Crippen MR) is 102 cm³/mol. The molecule has 0 fully saturated rings. The zero-order chi connectivity index (χ0) is 17.5. The molecule has 0 amide bonds. The molecule has 3 aromatic rings. The van der Waals surface area contributed by atoms with E-state index in [0.29, 0.717) is 5.13 Å². The molecule has 7 nitrogen and oxygen atoms in total. The molecule has 0 saturated heterocycles. The van der Waals surface area contributed by atoms with Gasteiger partial charge in [-0.1, -0.05) is 0 Å². The maximum Gasteiger partial charge on any atom is 0.180 e. The molecule has 0 radical (unpaired) electrons. The van der Waals surface area contributed by atoms with Crippen LogP contribution in [0, 0.1) is 0 Å². The van der Waals surface area contributed by atoms with Gasteiger partial charge in [-0.2, -0.15) is 0 Å². The Morgan fingerprint density at radius 3 is 3.00 bits per heavy atom. The van der Waals surface area contributed by atoms with Crippen LogP contribution in [-0.2, 0) is 25.9 Å². The summed E-state index contributed by atoms with van der Waals surface area (Å²) in [6, 6.07) is 3.93. The number of hydrogen-bond donors (Lipinski definition) is 2. The molecule has 8 heteroatoms. The van der Waals surface area contributed by atoms with E-state index in [9.17, 15) is 0 Å². The molecule has 3 N–H and O–H groups in total. The van der Waals surface area contributed by atoms with Gasteiger partial charge < -0.3 is 16.0 Å². The number of nitrogen functional groups attached to an aromatic ring is 1. The van der Waals surface area contributed by atoms with Crippen LogP contribution in [0.1, 0.15) is 21.8 Å². The lowest BCUT2D eigenvalue weighted by Gasteiger charge is -2.31. The predicted octanol–water partition coefficient (Wildman–Crippen LogP) is 1.79. The maximum absolute atomic E-state index is 5.90. The molecule has 132 valence electrons. The first kappa shape index (κ1) is 15.7. The van der Waals surface area contributed by atoms with E-state index in [-0.39, 0.29) is 0 Å². The highest BCUT2D eigenvalue weighted by atomic mass is 32.1. The Morgan fingerprint density at radius 2 is 2.12 bits per heavy atom. The second kappa shape index (κ2) is 6.30.